The Balaban J connectivity index is 1.88. The molecular weight excluding hydrogens is 360 g/mol. The number of aldehydes is 1. The van der Waals surface area contributed by atoms with Gasteiger partial charge in [0.1, 0.15) is 18.1 Å². The molecule has 0 saturated carbocycles. The summed E-state index contributed by atoms with van der Waals surface area (Å²) >= 11 is 0. The van der Waals surface area contributed by atoms with Crippen LogP contribution in [0.2, 0.25) is 0 Å². The van der Waals surface area contributed by atoms with Gasteiger partial charge in [-0.3, -0.25) is 4.79 Å². The van der Waals surface area contributed by atoms with Gasteiger partial charge in [0.05, 0.1) is 11.6 Å². The predicted molar refractivity (Wildman–Crippen MR) is 113 cm³/mol. The lowest BCUT2D eigenvalue weighted by Gasteiger charge is -2.35. The Labute approximate surface area is 170 Å². The molecule has 2 atom stereocenters. The number of carbonyl (C=O) groups is 2. The minimum absolute atomic E-state index is 0.0423. The smallest absolute Gasteiger partial charge is 0.147 e. The summed E-state index contributed by atoms with van der Waals surface area (Å²) in [5.74, 6) is 0.161. The fourth-order valence-corrected chi connectivity index (χ4v) is 3.93. The van der Waals surface area contributed by atoms with Crippen LogP contribution in [0.25, 0.3) is 5.57 Å². The van der Waals surface area contributed by atoms with Gasteiger partial charge in [-0.1, -0.05) is 54.6 Å². The SMILES string of the molecule is N#Cc1ccccc1C1=CC(C2C=CCC(=O)C2)=CN(c2ccccc2)C1C=O. The van der Waals surface area contributed by atoms with Crippen molar-refractivity contribution in [1.29, 1.82) is 5.26 Å². The lowest BCUT2D eigenvalue weighted by Crippen LogP contribution is -2.36. The van der Waals surface area contributed by atoms with Crippen molar-refractivity contribution in [2.75, 3.05) is 4.90 Å². The minimum atomic E-state index is -0.557. The van der Waals surface area contributed by atoms with Crippen LogP contribution in [0.5, 0.6) is 0 Å². The van der Waals surface area contributed by atoms with Crippen LogP contribution in [0.15, 0.2) is 84.6 Å². The molecule has 2 aromatic carbocycles. The zero-order valence-electron chi connectivity index (χ0n) is 15.9. The molecule has 4 heteroatoms. The van der Waals surface area contributed by atoms with E-state index in [2.05, 4.69) is 12.1 Å². The molecule has 0 radical (unpaired) electrons. The average Bonchev–Trinajstić information content (AvgIpc) is 2.78. The first-order valence-corrected chi connectivity index (χ1v) is 9.61. The Hall–Kier alpha value is -3.71. The normalized spacial score (nSPS) is 21.2. The topological polar surface area (TPSA) is 61.2 Å². The third kappa shape index (κ3) is 3.68. The number of para-hydroxylation sites is 1. The largest absolute Gasteiger partial charge is 0.333 e. The van der Waals surface area contributed by atoms with Gasteiger partial charge in [-0.2, -0.15) is 5.26 Å². The number of benzene rings is 2. The van der Waals surface area contributed by atoms with Crippen LogP contribution < -0.4 is 4.90 Å². The van der Waals surface area contributed by atoms with Crippen LogP contribution in [-0.2, 0) is 9.59 Å². The molecule has 0 aromatic heterocycles. The molecule has 0 bridgehead atoms. The van der Waals surface area contributed by atoms with E-state index >= 15 is 0 Å². The van der Waals surface area contributed by atoms with Crippen LogP contribution in [0.1, 0.15) is 24.0 Å². The molecule has 0 N–H and O–H groups in total. The Morgan fingerprint density at radius 1 is 1.07 bits per heavy atom. The lowest BCUT2D eigenvalue weighted by atomic mass is 9.83. The van der Waals surface area contributed by atoms with Gasteiger partial charge in [0.15, 0.2) is 0 Å². The van der Waals surface area contributed by atoms with Gasteiger partial charge in [-0.25, -0.2) is 0 Å². The van der Waals surface area contributed by atoms with Gasteiger partial charge < -0.3 is 9.69 Å². The van der Waals surface area contributed by atoms with Gasteiger partial charge in [0.25, 0.3) is 0 Å². The maximum atomic E-state index is 12.2. The van der Waals surface area contributed by atoms with Crippen molar-refractivity contribution in [3.05, 3.63) is 95.7 Å². The number of anilines is 1. The highest BCUT2D eigenvalue weighted by Gasteiger charge is 2.30. The van der Waals surface area contributed by atoms with Crippen molar-refractivity contribution in [2.45, 2.75) is 18.9 Å². The highest BCUT2D eigenvalue weighted by atomic mass is 16.1. The highest BCUT2D eigenvalue weighted by molar-refractivity contribution is 5.93. The standard InChI is InChI=1S/C25H20N2O2/c26-15-19-7-4-5-12-23(19)24-14-20(18-8-6-11-22(29)13-18)16-27(25(24)17-28)21-9-2-1-3-10-21/h1-10,12,14,16-18,25H,11,13H2. The Bertz CT molecular complexity index is 1070. The first-order valence-electron chi connectivity index (χ1n) is 9.61. The summed E-state index contributed by atoms with van der Waals surface area (Å²) in [6, 6.07) is 18.7. The minimum Gasteiger partial charge on any atom is -0.333 e. The molecule has 0 spiro atoms. The number of hydrogen-bond acceptors (Lipinski definition) is 4. The van der Waals surface area contributed by atoms with Gasteiger partial charge in [0, 0.05) is 30.6 Å². The van der Waals surface area contributed by atoms with E-state index in [0.717, 1.165) is 28.7 Å². The van der Waals surface area contributed by atoms with Gasteiger partial charge >= 0.3 is 0 Å². The Morgan fingerprint density at radius 2 is 1.83 bits per heavy atom. The van der Waals surface area contributed by atoms with E-state index in [1.165, 1.54) is 0 Å². The van der Waals surface area contributed by atoms with Crippen molar-refractivity contribution in [2.24, 2.45) is 5.92 Å². The second-order valence-corrected chi connectivity index (χ2v) is 7.19. The summed E-state index contributed by atoms with van der Waals surface area (Å²) in [7, 11) is 0. The van der Waals surface area contributed by atoms with Gasteiger partial charge in [-0.05, 0) is 34.9 Å². The number of hydrogen-bond donors (Lipinski definition) is 0. The summed E-state index contributed by atoms with van der Waals surface area (Å²) in [5, 5.41) is 9.59. The van der Waals surface area contributed by atoms with Crippen LogP contribution in [0.4, 0.5) is 5.69 Å². The molecule has 1 aliphatic carbocycles. The third-order valence-electron chi connectivity index (χ3n) is 5.36. The van der Waals surface area contributed by atoms with Crippen molar-refractivity contribution in [3.8, 4) is 6.07 Å². The Kier molecular flexibility index (Phi) is 5.22. The number of allylic oxidation sites excluding steroid dienone is 4. The van der Waals surface area contributed by atoms with Crippen LogP contribution >= 0.6 is 0 Å². The second kappa shape index (κ2) is 8.12. The third-order valence-corrected chi connectivity index (χ3v) is 5.36. The first kappa shape index (κ1) is 18.6. The zero-order valence-corrected chi connectivity index (χ0v) is 15.9. The lowest BCUT2D eigenvalue weighted by molar-refractivity contribution is -0.119. The van der Waals surface area contributed by atoms with E-state index in [4.69, 9.17) is 0 Å². The van der Waals surface area contributed by atoms with E-state index in [0.29, 0.717) is 18.4 Å². The molecule has 4 rings (SSSR count). The molecule has 1 aliphatic heterocycles. The number of nitrogens with zero attached hydrogens (tertiary/aromatic N) is 2. The summed E-state index contributed by atoms with van der Waals surface area (Å²) in [4.78, 5) is 26.2. The fourth-order valence-electron chi connectivity index (χ4n) is 3.93. The maximum absolute atomic E-state index is 12.2. The number of carbonyl (C=O) groups excluding carboxylic acids is 2. The highest BCUT2D eigenvalue weighted by Crippen LogP contribution is 2.37. The summed E-state index contributed by atoms with van der Waals surface area (Å²) in [6.45, 7) is 0. The molecule has 0 fully saturated rings. The van der Waals surface area contributed by atoms with Gasteiger partial charge in [-0.15, -0.1) is 0 Å². The van der Waals surface area contributed by atoms with Crippen molar-refractivity contribution in [1.82, 2.24) is 0 Å². The van der Waals surface area contributed by atoms with Crippen LogP contribution in [-0.4, -0.2) is 18.1 Å². The predicted octanol–water partition coefficient (Wildman–Crippen LogP) is 4.45. The molecule has 2 aromatic rings. The molecule has 2 unspecified atom stereocenters. The number of Topliss-reactive ketones (excluding diaryl/α,β-unsaturated/α-hetero) is 1. The maximum Gasteiger partial charge on any atom is 0.147 e. The van der Waals surface area contributed by atoms with Crippen molar-refractivity contribution in [3.63, 3.8) is 0 Å². The molecule has 2 aliphatic rings. The van der Waals surface area contributed by atoms with Crippen LogP contribution in [0, 0.1) is 17.2 Å². The number of rotatable bonds is 4. The molecule has 142 valence electrons. The molecule has 0 amide bonds. The molecular formula is C25H20N2O2. The Morgan fingerprint density at radius 3 is 2.55 bits per heavy atom. The van der Waals surface area contributed by atoms with E-state index in [1.54, 1.807) is 6.07 Å². The van der Waals surface area contributed by atoms with Crippen LogP contribution in [0.3, 0.4) is 0 Å². The monoisotopic (exact) mass is 380 g/mol. The quantitative estimate of drug-likeness (QED) is 0.581. The molecule has 29 heavy (non-hydrogen) atoms. The summed E-state index contributed by atoms with van der Waals surface area (Å²) in [6.07, 6.45) is 9.72. The fraction of sp³-hybridized carbons (Fsp3) is 0.160. The van der Waals surface area contributed by atoms with Crippen molar-refractivity contribution < 1.29 is 9.59 Å². The number of nitriles is 1. The van der Waals surface area contributed by atoms with Gasteiger partial charge in [0.2, 0.25) is 0 Å². The summed E-state index contributed by atoms with van der Waals surface area (Å²) < 4.78 is 0. The zero-order chi connectivity index (χ0) is 20.2. The average molecular weight is 380 g/mol. The first-order chi connectivity index (χ1) is 14.2. The van der Waals surface area contributed by atoms with E-state index in [-0.39, 0.29) is 11.7 Å². The molecule has 4 nitrogen and oxygen atoms in total. The second-order valence-electron chi connectivity index (χ2n) is 7.19. The number of ketones is 1. The van der Waals surface area contributed by atoms with Crippen molar-refractivity contribution >= 4 is 23.3 Å². The van der Waals surface area contributed by atoms with E-state index < -0.39 is 6.04 Å². The van der Waals surface area contributed by atoms with E-state index in [1.807, 2.05) is 71.8 Å². The van der Waals surface area contributed by atoms with E-state index in [9.17, 15) is 14.9 Å². The summed E-state index contributed by atoms with van der Waals surface area (Å²) in [5.41, 5.74) is 3.87. The molecule has 1 heterocycles. The molecule has 0 saturated heterocycles.